The van der Waals surface area contributed by atoms with Crippen LogP contribution in [0.3, 0.4) is 0 Å². The second-order valence-electron chi connectivity index (χ2n) is 4.48. The minimum atomic E-state index is 0.835. The van der Waals surface area contributed by atoms with Crippen LogP contribution in [0.4, 0.5) is 0 Å². The molecule has 2 rings (SSSR count). The molecule has 1 aromatic rings. The molecule has 0 bridgehead atoms. The molecular formula is C11H20N4. The van der Waals surface area contributed by atoms with Gasteiger partial charge in [0.15, 0.2) is 0 Å². The molecule has 1 fully saturated rings. The molecule has 0 spiro atoms. The monoisotopic (exact) mass is 208 g/mol. The number of nitrogens with zero attached hydrogens (tertiary/aromatic N) is 3. The first-order valence-electron chi connectivity index (χ1n) is 5.83. The van der Waals surface area contributed by atoms with E-state index in [0.717, 1.165) is 30.7 Å². The molecule has 1 saturated carbocycles. The largest absolute Gasteiger partial charge is 0.317 e. The van der Waals surface area contributed by atoms with Gasteiger partial charge in [0.2, 0.25) is 0 Å². The van der Waals surface area contributed by atoms with Crippen LogP contribution in [0.2, 0.25) is 0 Å². The molecular weight excluding hydrogens is 188 g/mol. The van der Waals surface area contributed by atoms with Crippen molar-refractivity contribution in [2.45, 2.75) is 39.2 Å². The van der Waals surface area contributed by atoms with Crippen LogP contribution in [0.5, 0.6) is 0 Å². The van der Waals surface area contributed by atoms with E-state index in [1.165, 1.54) is 25.7 Å². The van der Waals surface area contributed by atoms with E-state index in [1.54, 1.807) is 0 Å². The molecule has 0 unspecified atom stereocenters. The Labute approximate surface area is 91.1 Å². The third kappa shape index (κ3) is 3.02. The van der Waals surface area contributed by atoms with Crippen molar-refractivity contribution >= 4 is 0 Å². The predicted molar refractivity (Wildman–Crippen MR) is 59.4 cm³/mol. The highest BCUT2D eigenvalue weighted by molar-refractivity contribution is 4.91. The van der Waals surface area contributed by atoms with Gasteiger partial charge in [0.1, 0.15) is 11.6 Å². The predicted octanol–water partition coefficient (Wildman–Crippen LogP) is 1.40. The van der Waals surface area contributed by atoms with Crippen LogP contribution in [0.25, 0.3) is 0 Å². The van der Waals surface area contributed by atoms with E-state index in [9.17, 15) is 0 Å². The van der Waals surface area contributed by atoms with Gasteiger partial charge in [0, 0.05) is 7.05 Å². The van der Waals surface area contributed by atoms with Crippen molar-refractivity contribution < 1.29 is 0 Å². The van der Waals surface area contributed by atoms with Crippen molar-refractivity contribution in [2.24, 2.45) is 13.0 Å². The van der Waals surface area contributed by atoms with Crippen LogP contribution in [0.15, 0.2) is 0 Å². The first-order chi connectivity index (χ1) is 7.27. The van der Waals surface area contributed by atoms with Gasteiger partial charge >= 0.3 is 0 Å². The van der Waals surface area contributed by atoms with Crippen LogP contribution in [0, 0.1) is 12.8 Å². The SMILES string of the molecule is Cc1nnc(CNCCCC2CC2)n1C. The van der Waals surface area contributed by atoms with E-state index >= 15 is 0 Å². The Hall–Kier alpha value is -0.900. The van der Waals surface area contributed by atoms with Crippen LogP contribution in [-0.2, 0) is 13.6 Å². The Morgan fingerprint density at radius 1 is 1.40 bits per heavy atom. The van der Waals surface area contributed by atoms with E-state index in [0.29, 0.717) is 0 Å². The second-order valence-corrected chi connectivity index (χ2v) is 4.48. The number of rotatable bonds is 6. The summed E-state index contributed by atoms with van der Waals surface area (Å²) in [5.41, 5.74) is 0. The maximum Gasteiger partial charge on any atom is 0.146 e. The second kappa shape index (κ2) is 4.75. The van der Waals surface area contributed by atoms with Crippen LogP contribution in [0.1, 0.15) is 37.3 Å². The standard InChI is InChI=1S/C11H20N4/c1-9-13-14-11(15(9)2)8-12-7-3-4-10-5-6-10/h10,12H,3-8H2,1-2H3. The van der Waals surface area contributed by atoms with Crippen LogP contribution >= 0.6 is 0 Å². The lowest BCUT2D eigenvalue weighted by molar-refractivity contribution is 0.574. The highest BCUT2D eigenvalue weighted by atomic mass is 15.3. The topological polar surface area (TPSA) is 42.7 Å². The van der Waals surface area contributed by atoms with Gasteiger partial charge in [0.25, 0.3) is 0 Å². The summed E-state index contributed by atoms with van der Waals surface area (Å²) in [7, 11) is 2.01. The fraction of sp³-hybridized carbons (Fsp3) is 0.818. The molecule has 1 aromatic heterocycles. The summed E-state index contributed by atoms with van der Waals surface area (Å²) >= 11 is 0. The fourth-order valence-electron chi connectivity index (χ4n) is 1.73. The van der Waals surface area contributed by atoms with Crippen LogP contribution in [-0.4, -0.2) is 21.3 Å². The molecule has 0 aliphatic heterocycles. The van der Waals surface area contributed by atoms with Crippen molar-refractivity contribution in [3.05, 3.63) is 11.6 Å². The van der Waals surface area contributed by atoms with Crippen LogP contribution < -0.4 is 5.32 Å². The van der Waals surface area contributed by atoms with Gasteiger partial charge < -0.3 is 9.88 Å². The quantitative estimate of drug-likeness (QED) is 0.719. The minimum Gasteiger partial charge on any atom is -0.317 e. The first-order valence-corrected chi connectivity index (χ1v) is 5.83. The summed E-state index contributed by atoms with van der Waals surface area (Å²) in [5, 5.41) is 11.6. The fourth-order valence-corrected chi connectivity index (χ4v) is 1.73. The summed E-state index contributed by atoms with van der Waals surface area (Å²) in [6.07, 6.45) is 5.61. The van der Waals surface area contributed by atoms with Gasteiger partial charge in [-0.05, 0) is 32.2 Å². The molecule has 0 atom stereocenters. The highest BCUT2D eigenvalue weighted by Gasteiger charge is 2.19. The lowest BCUT2D eigenvalue weighted by Crippen LogP contribution is -2.17. The molecule has 0 amide bonds. The molecule has 1 N–H and O–H groups in total. The third-order valence-electron chi connectivity index (χ3n) is 3.13. The summed E-state index contributed by atoms with van der Waals surface area (Å²) in [4.78, 5) is 0. The van der Waals surface area contributed by atoms with E-state index in [1.807, 2.05) is 18.5 Å². The van der Waals surface area contributed by atoms with Crippen molar-refractivity contribution in [1.29, 1.82) is 0 Å². The van der Waals surface area contributed by atoms with Crippen molar-refractivity contribution in [3.63, 3.8) is 0 Å². The van der Waals surface area contributed by atoms with E-state index < -0.39 is 0 Å². The lowest BCUT2D eigenvalue weighted by atomic mass is 10.2. The molecule has 0 radical (unpaired) electrons. The van der Waals surface area contributed by atoms with E-state index in [4.69, 9.17) is 0 Å². The Bertz CT molecular complexity index is 314. The van der Waals surface area contributed by atoms with Crippen molar-refractivity contribution in [3.8, 4) is 0 Å². The first kappa shape index (κ1) is 10.6. The number of hydrogen-bond acceptors (Lipinski definition) is 3. The van der Waals surface area contributed by atoms with Gasteiger partial charge in [-0.15, -0.1) is 10.2 Å². The smallest absolute Gasteiger partial charge is 0.146 e. The Morgan fingerprint density at radius 2 is 2.20 bits per heavy atom. The molecule has 84 valence electrons. The number of aromatic nitrogens is 3. The molecule has 1 heterocycles. The maximum absolute atomic E-state index is 4.11. The minimum absolute atomic E-state index is 0.835. The number of hydrogen-bond donors (Lipinski definition) is 1. The third-order valence-corrected chi connectivity index (χ3v) is 3.13. The molecule has 4 heteroatoms. The molecule has 1 aliphatic rings. The summed E-state index contributed by atoms with van der Waals surface area (Å²) in [6.45, 7) is 3.91. The Morgan fingerprint density at radius 3 is 2.80 bits per heavy atom. The van der Waals surface area contributed by atoms with Gasteiger partial charge in [-0.3, -0.25) is 0 Å². The van der Waals surface area contributed by atoms with Gasteiger partial charge in [-0.2, -0.15) is 0 Å². The average molecular weight is 208 g/mol. The van der Waals surface area contributed by atoms with E-state index in [-0.39, 0.29) is 0 Å². The molecule has 0 saturated heterocycles. The molecule has 4 nitrogen and oxygen atoms in total. The van der Waals surface area contributed by atoms with Gasteiger partial charge in [0.05, 0.1) is 6.54 Å². The summed E-state index contributed by atoms with van der Waals surface area (Å²) in [5.74, 6) is 3.05. The summed E-state index contributed by atoms with van der Waals surface area (Å²) in [6, 6.07) is 0. The Kier molecular flexibility index (Phi) is 3.36. The highest BCUT2D eigenvalue weighted by Crippen LogP contribution is 2.33. The zero-order chi connectivity index (χ0) is 10.7. The number of aryl methyl sites for hydroxylation is 1. The summed E-state index contributed by atoms with van der Waals surface area (Å²) < 4.78 is 2.04. The zero-order valence-electron chi connectivity index (χ0n) is 9.66. The van der Waals surface area contributed by atoms with Crippen molar-refractivity contribution in [2.75, 3.05) is 6.54 Å². The van der Waals surface area contributed by atoms with E-state index in [2.05, 4.69) is 15.5 Å². The normalized spacial score (nSPS) is 15.9. The molecule has 15 heavy (non-hydrogen) atoms. The zero-order valence-corrected chi connectivity index (χ0v) is 9.66. The lowest BCUT2D eigenvalue weighted by Gasteiger charge is -2.04. The average Bonchev–Trinajstić information content (AvgIpc) is 2.99. The maximum atomic E-state index is 4.11. The van der Waals surface area contributed by atoms with Gasteiger partial charge in [-0.25, -0.2) is 0 Å². The van der Waals surface area contributed by atoms with Gasteiger partial charge in [-0.1, -0.05) is 12.8 Å². The van der Waals surface area contributed by atoms with Crippen molar-refractivity contribution in [1.82, 2.24) is 20.1 Å². The molecule has 1 aliphatic carbocycles. The number of nitrogens with one attached hydrogen (secondary N) is 1. The molecule has 0 aromatic carbocycles. The Balaban J connectivity index is 1.62.